The van der Waals surface area contributed by atoms with Gasteiger partial charge in [0.05, 0.1) is 6.61 Å². The zero-order valence-electron chi connectivity index (χ0n) is 11.5. The Morgan fingerprint density at radius 2 is 2.24 bits per heavy atom. The number of hydrogen-bond donors (Lipinski definition) is 2. The minimum atomic E-state index is -0.372. The highest BCUT2D eigenvalue weighted by molar-refractivity contribution is 6.35. The van der Waals surface area contributed by atoms with Crippen LogP contribution >= 0.6 is 35.6 Å². The van der Waals surface area contributed by atoms with Gasteiger partial charge in [-0.2, -0.15) is 0 Å². The van der Waals surface area contributed by atoms with Crippen molar-refractivity contribution in [3.63, 3.8) is 0 Å². The van der Waals surface area contributed by atoms with Crippen molar-refractivity contribution in [2.75, 3.05) is 26.2 Å². The van der Waals surface area contributed by atoms with E-state index in [-0.39, 0.29) is 24.4 Å². The van der Waals surface area contributed by atoms with Crippen LogP contribution in [-0.2, 0) is 16.0 Å². The number of morpholine rings is 1. The monoisotopic (exact) mass is 352 g/mol. The largest absolute Gasteiger partial charge is 0.366 e. The van der Waals surface area contributed by atoms with Crippen LogP contribution in [-0.4, -0.2) is 38.3 Å². The van der Waals surface area contributed by atoms with E-state index in [1.165, 1.54) is 0 Å². The van der Waals surface area contributed by atoms with Crippen molar-refractivity contribution in [1.82, 2.24) is 10.6 Å². The van der Waals surface area contributed by atoms with Gasteiger partial charge in [0.1, 0.15) is 6.10 Å². The molecule has 1 aromatic carbocycles. The maximum Gasteiger partial charge on any atom is 0.250 e. The highest BCUT2D eigenvalue weighted by Crippen LogP contribution is 2.21. The third kappa shape index (κ3) is 6.01. The summed E-state index contributed by atoms with van der Waals surface area (Å²) in [6.45, 7) is 2.57. The van der Waals surface area contributed by atoms with E-state index in [1.807, 2.05) is 12.1 Å². The third-order valence-electron chi connectivity index (χ3n) is 3.16. The molecule has 2 N–H and O–H groups in total. The highest BCUT2D eigenvalue weighted by Gasteiger charge is 2.20. The van der Waals surface area contributed by atoms with Crippen LogP contribution in [0, 0.1) is 0 Å². The Labute approximate surface area is 140 Å². The van der Waals surface area contributed by atoms with E-state index < -0.39 is 0 Å². The first-order valence-electron chi connectivity index (χ1n) is 6.71. The fourth-order valence-electron chi connectivity index (χ4n) is 2.06. The molecule has 1 saturated heterocycles. The predicted molar refractivity (Wildman–Crippen MR) is 87.7 cm³/mol. The molecular formula is C14H19Cl3N2O2. The summed E-state index contributed by atoms with van der Waals surface area (Å²) in [4.78, 5) is 11.8. The Morgan fingerprint density at radius 1 is 1.43 bits per heavy atom. The molecule has 0 aromatic heterocycles. The van der Waals surface area contributed by atoms with Crippen molar-refractivity contribution in [3.8, 4) is 0 Å². The van der Waals surface area contributed by atoms with Crippen LogP contribution in [0.15, 0.2) is 18.2 Å². The molecule has 1 heterocycles. The van der Waals surface area contributed by atoms with Crippen molar-refractivity contribution >= 4 is 41.5 Å². The van der Waals surface area contributed by atoms with Crippen LogP contribution in [0.2, 0.25) is 10.0 Å². The van der Waals surface area contributed by atoms with E-state index in [1.54, 1.807) is 6.07 Å². The number of nitrogens with one attached hydrogen (secondary N) is 2. The number of carbonyl (C=O) groups is 1. The quantitative estimate of drug-likeness (QED) is 0.800. The molecule has 0 aliphatic carbocycles. The SMILES string of the molecule is Cl.O=C(NCCCc1ccc(Cl)cc1Cl)C1CNCCO1. The number of carbonyl (C=O) groups excluding carboxylic acids is 1. The van der Waals surface area contributed by atoms with Gasteiger partial charge in [-0.15, -0.1) is 12.4 Å². The van der Waals surface area contributed by atoms with E-state index in [0.29, 0.717) is 29.7 Å². The molecule has 0 bridgehead atoms. The molecule has 0 spiro atoms. The van der Waals surface area contributed by atoms with Gasteiger partial charge in [-0.1, -0.05) is 29.3 Å². The number of amides is 1. The Hall–Kier alpha value is -0.520. The van der Waals surface area contributed by atoms with Gasteiger partial charge in [-0.25, -0.2) is 0 Å². The fourth-order valence-corrected chi connectivity index (χ4v) is 2.57. The average Bonchev–Trinajstić information content (AvgIpc) is 2.46. The maximum absolute atomic E-state index is 11.8. The molecule has 1 fully saturated rings. The lowest BCUT2D eigenvalue weighted by molar-refractivity contribution is -0.134. The molecule has 1 aliphatic heterocycles. The topological polar surface area (TPSA) is 50.4 Å². The smallest absolute Gasteiger partial charge is 0.250 e. The summed E-state index contributed by atoms with van der Waals surface area (Å²) < 4.78 is 5.38. The Bertz CT molecular complexity index is 466. The van der Waals surface area contributed by atoms with Crippen molar-refractivity contribution < 1.29 is 9.53 Å². The molecule has 4 nitrogen and oxygen atoms in total. The molecule has 2 rings (SSSR count). The van der Waals surface area contributed by atoms with Gasteiger partial charge in [0.2, 0.25) is 5.91 Å². The summed E-state index contributed by atoms with van der Waals surface area (Å²) in [5, 5.41) is 7.31. The number of halogens is 3. The zero-order chi connectivity index (χ0) is 14.4. The number of aryl methyl sites for hydroxylation is 1. The second kappa shape index (κ2) is 9.49. The van der Waals surface area contributed by atoms with E-state index >= 15 is 0 Å². The predicted octanol–water partition coefficient (Wildman–Crippen LogP) is 2.45. The zero-order valence-corrected chi connectivity index (χ0v) is 13.9. The lowest BCUT2D eigenvalue weighted by atomic mass is 10.1. The molecule has 1 aliphatic rings. The van der Waals surface area contributed by atoms with Crippen LogP contribution in [0.4, 0.5) is 0 Å². The van der Waals surface area contributed by atoms with Gasteiger partial charge in [0.15, 0.2) is 0 Å². The number of benzene rings is 1. The Balaban J connectivity index is 0.00000220. The summed E-state index contributed by atoms with van der Waals surface area (Å²) in [5.41, 5.74) is 1.04. The molecule has 118 valence electrons. The van der Waals surface area contributed by atoms with E-state index in [2.05, 4.69) is 10.6 Å². The summed E-state index contributed by atoms with van der Waals surface area (Å²) in [5.74, 6) is -0.0561. The van der Waals surface area contributed by atoms with Crippen LogP contribution in [0.25, 0.3) is 0 Å². The lowest BCUT2D eigenvalue weighted by Gasteiger charge is -2.22. The number of hydrogen-bond acceptors (Lipinski definition) is 3. The van der Waals surface area contributed by atoms with E-state index in [4.69, 9.17) is 27.9 Å². The molecule has 1 unspecified atom stereocenters. The third-order valence-corrected chi connectivity index (χ3v) is 3.74. The molecule has 1 atom stereocenters. The molecule has 0 radical (unpaired) electrons. The van der Waals surface area contributed by atoms with E-state index in [9.17, 15) is 4.79 Å². The van der Waals surface area contributed by atoms with Gasteiger partial charge in [0, 0.05) is 29.7 Å². The maximum atomic E-state index is 11.8. The highest BCUT2D eigenvalue weighted by atomic mass is 35.5. The first kappa shape index (κ1) is 18.5. The first-order valence-corrected chi connectivity index (χ1v) is 7.46. The normalized spacial score (nSPS) is 17.9. The van der Waals surface area contributed by atoms with Crippen molar-refractivity contribution in [2.24, 2.45) is 0 Å². The second-order valence-corrected chi connectivity index (χ2v) is 5.54. The summed E-state index contributed by atoms with van der Waals surface area (Å²) in [6, 6.07) is 5.47. The first-order chi connectivity index (χ1) is 9.66. The minimum Gasteiger partial charge on any atom is -0.366 e. The summed E-state index contributed by atoms with van der Waals surface area (Å²) in [7, 11) is 0. The van der Waals surface area contributed by atoms with Gasteiger partial charge >= 0.3 is 0 Å². The Morgan fingerprint density at radius 3 is 2.90 bits per heavy atom. The molecule has 0 saturated carbocycles. The van der Waals surface area contributed by atoms with Crippen molar-refractivity contribution in [1.29, 1.82) is 0 Å². The molecule has 21 heavy (non-hydrogen) atoms. The van der Waals surface area contributed by atoms with Crippen molar-refractivity contribution in [2.45, 2.75) is 18.9 Å². The number of rotatable bonds is 5. The van der Waals surface area contributed by atoms with Crippen LogP contribution in [0.1, 0.15) is 12.0 Å². The van der Waals surface area contributed by atoms with Gasteiger partial charge in [-0.3, -0.25) is 4.79 Å². The van der Waals surface area contributed by atoms with Gasteiger partial charge in [0.25, 0.3) is 0 Å². The van der Waals surface area contributed by atoms with Gasteiger partial charge in [-0.05, 0) is 30.5 Å². The molecule has 1 amide bonds. The lowest BCUT2D eigenvalue weighted by Crippen LogP contribution is -2.48. The standard InChI is InChI=1S/C14H18Cl2N2O2.ClH/c15-11-4-3-10(12(16)8-11)2-1-5-18-14(19)13-9-17-6-7-20-13;/h3-4,8,13,17H,1-2,5-7,9H2,(H,18,19);1H. The second-order valence-electron chi connectivity index (χ2n) is 4.69. The van der Waals surface area contributed by atoms with Crippen LogP contribution < -0.4 is 10.6 Å². The van der Waals surface area contributed by atoms with Gasteiger partial charge < -0.3 is 15.4 Å². The average molecular weight is 354 g/mol. The fraction of sp³-hybridized carbons (Fsp3) is 0.500. The van der Waals surface area contributed by atoms with Crippen LogP contribution in [0.3, 0.4) is 0 Å². The summed E-state index contributed by atoms with van der Waals surface area (Å²) >= 11 is 11.9. The van der Waals surface area contributed by atoms with Crippen LogP contribution in [0.5, 0.6) is 0 Å². The molecular weight excluding hydrogens is 335 g/mol. The minimum absolute atomic E-state index is 0. The summed E-state index contributed by atoms with van der Waals surface area (Å²) in [6.07, 6.45) is 1.26. The van der Waals surface area contributed by atoms with E-state index in [0.717, 1.165) is 24.9 Å². The Kier molecular flexibility index (Phi) is 8.37. The van der Waals surface area contributed by atoms with Crippen molar-refractivity contribution in [3.05, 3.63) is 33.8 Å². The molecule has 1 aromatic rings. The molecule has 7 heteroatoms. The number of ether oxygens (including phenoxy) is 1.